The van der Waals surface area contributed by atoms with E-state index in [0.29, 0.717) is 0 Å². The molecule has 7 aliphatic carbocycles. The molecule has 14 rings (SSSR count). The quantitative estimate of drug-likeness (QED) is 0.167. The Balaban J connectivity index is 0.961. The molecule has 7 aromatic rings. The minimum Gasteiger partial charge on any atom is -0.310 e. The lowest BCUT2D eigenvalue weighted by Crippen LogP contribution is -2.55. The summed E-state index contributed by atoms with van der Waals surface area (Å²) in [5.41, 5.74) is 24.0. The molecule has 4 fully saturated rings. The van der Waals surface area contributed by atoms with Gasteiger partial charge in [0.15, 0.2) is 0 Å². The minimum absolute atomic E-state index is 0.0333. The zero-order valence-electron chi connectivity index (χ0n) is 38.6. The SMILES string of the molecule is CC1(C)CCC(C)(C)c2c(-c3ccc(N(c4ccc(-c5ccc6c(c5)C(C)(C)c5ccccc5-6)cc4)c4cccc5c4-c4ccccc4C54C5CC6CC(C5)CC4C6)cc3)cccc21. The summed E-state index contributed by atoms with van der Waals surface area (Å²) in [5.74, 6) is 3.29. The lowest BCUT2D eigenvalue weighted by atomic mass is 9.43. The summed E-state index contributed by atoms with van der Waals surface area (Å²) in [6, 6.07) is 59.3. The zero-order valence-corrected chi connectivity index (χ0v) is 38.6. The molecule has 1 spiro atoms. The molecule has 0 heterocycles. The average Bonchev–Trinajstić information content (AvgIpc) is 3.73. The van der Waals surface area contributed by atoms with Crippen molar-refractivity contribution in [1.82, 2.24) is 0 Å². The minimum atomic E-state index is -0.0333. The smallest absolute Gasteiger partial charge is 0.0543 e. The summed E-state index contributed by atoms with van der Waals surface area (Å²) in [7, 11) is 0. The van der Waals surface area contributed by atoms with E-state index in [1.807, 2.05) is 0 Å². The van der Waals surface area contributed by atoms with Gasteiger partial charge >= 0.3 is 0 Å². The molecule has 1 nitrogen and oxygen atoms in total. The molecular weight excluding hydrogens is 771 g/mol. The number of nitrogens with zero attached hydrogens (tertiary/aromatic N) is 1. The van der Waals surface area contributed by atoms with Crippen LogP contribution in [0.4, 0.5) is 17.1 Å². The van der Waals surface area contributed by atoms with Crippen LogP contribution >= 0.6 is 0 Å². The summed E-state index contributed by atoms with van der Waals surface area (Å²) in [4.78, 5) is 2.59. The van der Waals surface area contributed by atoms with Gasteiger partial charge in [0.2, 0.25) is 0 Å². The van der Waals surface area contributed by atoms with Crippen molar-refractivity contribution in [3.63, 3.8) is 0 Å². The average molecular weight is 832 g/mol. The Morgan fingerprint density at radius 2 is 0.938 bits per heavy atom. The maximum Gasteiger partial charge on any atom is 0.0543 e. The zero-order chi connectivity index (χ0) is 43.3. The lowest BCUT2D eigenvalue weighted by molar-refractivity contribution is -0.0399. The summed E-state index contributed by atoms with van der Waals surface area (Å²) in [5, 5.41) is 0. The van der Waals surface area contributed by atoms with Gasteiger partial charge in [0, 0.05) is 27.8 Å². The van der Waals surface area contributed by atoms with E-state index in [4.69, 9.17) is 0 Å². The predicted molar refractivity (Wildman–Crippen MR) is 268 cm³/mol. The number of hydrogen-bond donors (Lipinski definition) is 0. The molecule has 7 aromatic carbocycles. The largest absolute Gasteiger partial charge is 0.310 e. The topological polar surface area (TPSA) is 3.24 Å². The molecule has 0 unspecified atom stereocenters. The predicted octanol–water partition coefficient (Wildman–Crippen LogP) is 16.9. The maximum absolute atomic E-state index is 2.59. The van der Waals surface area contributed by atoms with E-state index in [9.17, 15) is 0 Å². The van der Waals surface area contributed by atoms with Crippen molar-refractivity contribution >= 4 is 17.1 Å². The van der Waals surface area contributed by atoms with Gasteiger partial charge in [0.1, 0.15) is 0 Å². The van der Waals surface area contributed by atoms with Crippen LogP contribution in [-0.2, 0) is 21.7 Å². The van der Waals surface area contributed by atoms with Gasteiger partial charge in [-0.2, -0.15) is 0 Å². The van der Waals surface area contributed by atoms with Crippen molar-refractivity contribution < 1.29 is 0 Å². The molecule has 0 amide bonds. The van der Waals surface area contributed by atoms with E-state index < -0.39 is 0 Å². The van der Waals surface area contributed by atoms with E-state index in [-0.39, 0.29) is 21.7 Å². The van der Waals surface area contributed by atoms with Crippen molar-refractivity contribution in [2.45, 2.75) is 108 Å². The van der Waals surface area contributed by atoms with E-state index in [2.05, 4.69) is 198 Å². The van der Waals surface area contributed by atoms with Crippen LogP contribution in [0.2, 0.25) is 0 Å². The Morgan fingerprint density at radius 3 is 1.64 bits per heavy atom. The van der Waals surface area contributed by atoms with Gasteiger partial charge in [-0.15, -0.1) is 0 Å². The third-order valence-corrected chi connectivity index (χ3v) is 18.1. The summed E-state index contributed by atoms with van der Waals surface area (Å²) < 4.78 is 0. The third kappa shape index (κ3) is 5.31. The van der Waals surface area contributed by atoms with Gasteiger partial charge in [-0.3, -0.25) is 0 Å². The maximum atomic E-state index is 2.59. The number of rotatable bonds is 5. The van der Waals surface area contributed by atoms with Crippen LogP contribution in [0, 0.1) is 23.7 Å². The number of hydrogen-bond acceptors (Lipinski definition) is 1. The molecule has 4 saturated carbocycles. The second kappa shape index (κ2) is 13.4. The third-order valence-electron chi connectivity index (χ3n) is 18.1. The molecule has 4 bridgehead atoms. The van der Waals surface area contributed by atoms with Gasteiger partial charge in [-0.25, -0.2) is 0 Å². The second-order valence-corrected chi connectivity index (χ2v) is 22.8. The molecule has 0 radical (unpaired) electrons. The van der Waals surface area contributed by atoms with Crippen molar-refractivity contribution in [3.8, 4) is 44.5 Å². The Hall–Kier alpha value is -5.66. The van der Waals surface area contributed by atoms with Gasteiger partial charge in [-0.1, -0.05) is 157 Å². The number of fused-ring (bicyclic) bond motifs is 7. The number of anilines is 3. The fourth-order valence-corrected chi connectivity index (χ4v) is 15.2. The molecule has 0 aliphatic heterocycles. The van der Waals surface area contributed by atoms with Crippen molar-refractivity contribution in [1.29, 1.82) is 0 Å². The van der Waals surface area contributed by atoms with E-state index in [0.717, 1.165) is 23.7 Å². The normalized spacial score (nSPS) is 25.3. The van der Waals surface area contributed by atoms with Crippen LogP contribution < -0.4 is 4.90 Å². The Bertz CT molecular complexity index is 3000. The molecule has 0 atom stereocenters. The van der Waals surface area contributed by atoms with Crippen LogP contribution in [0.25, 0.3) is 44.5 Å². The van der Waals surface area contributed by atoms with Gasteiger partial charge < -0.3 is 4.90 Å². The van der Waals surface area contributed by atoms with Crippen LogP contribution in [0.15, 0.2) is 152 Å². The van der Waals surface area contributed by atoms with Gasteiger partial charge in [0.05, 0.1) is 5.69 Å². The van der Waals surface area contributed by atoms with Crippen LogP contribution in [0.5, 0.6) is 0 Å². The summed E-state index contributed by atoms with van der Waals surface area (Å²) in [6.07, 6.45) is 9.45. The first-order valence-electron chi connectivity index (χ1n) is 24.6. The highest BCUT2D eigenvalue weighted by Crippen LogP contribution is 2.70. The second-order valence-electron chi connectivity index (χ2n) is 22.8. The molecular formula is C63H61N. The molecule has 7 aliphatic rings. The van der Waals surface area contributed by atoms with Crippen molar-refractivity contribution in [2.75, 3.05) is 4.90 Å². The highest BCUT2D eigenvalue weighted by Gasteiger charge is 2.62. The highest BCUT2D eigenvalue weighted by molar-refractivity contribution is 5.96. The molecule has 0 N–H and O–H groups in total. The highest BCUT2D eigenvalue weighted by atomic mass is 15.1. The molecule has 64 heavy (non-hydrogen) atoms. The number of benzene rings is 7. The monoisotopic (exact) mass is 831 g/mol. The fraction of sp³-hybridized carbons (Fsp3) is 0.333. The Labute approximate surface area is 381 Å². The lowest BCUT2D eigenvalue weighted by Gasteiger charge is -2.61. The first-order valence-corrected chi connectivity index (χ1v) is 24.6. The van der Waals surface area contributed by atoms with Crippen LogP contribution in [0.3, 0.4) is 0 Å². The van der Waals surface area contributed by atoms with E-state index >= 15 is 0 Å². The molecule has 0 aromatic heterocycles. The van der Waals surface area contributed by atoms with Crippen molar-refractivity contribution in [2.24, 2.45) is 23.7 Å². The van der Waals surface area contributed by atoms with Gasteiger partial charge in [-0.05, 0) is 188 Å². The Kier molecular flexibility index (Phi) is 8.15. The van der Waals surface area contributed by atoms with Gasteiger partial charge in [0.25, 0.3) is 0 Å². The molecule has 318 valence electrons. The first kappa shape index (κ1) is 38.8. The first-order chi connectivity index (χ1) is 30.9. The van der Waals surface area contributed by atoms with Crippen LogP contribution in [-0.4, -0.2) is 0 Å². The molecule has 1 heteroatoms. The van der Waals surface area contributed by atoms with E-state index in [1.54, 1.807) is 11.1 Å². The Morgan fingerprint density at radius 1 is 0.406 bits per heavy atom. The summed E-state index contributed by atoms with van der Waals surface area (Å²) >= 11 is 0. The van der Waals surface area contributed by atoms with Crippen molar-refractivity contribution in [3.05, 3.63) is 185 Å². The fourth-order valence-electron chi connectivity index (χ4n) is 15.2. The summed E-state index contributed by atoms with van der Waals surface area (Å²) in [6.45, 7) is 14.5. The molecule has 0 saturated heterocycles. The van der Waals surface area contributed by atoms with Crippen LogP contribution in [0.1, 0.15) is 120 Å². The van der Waals surface area contributed by atoms with E-state index in [1.165, 1.54) is 129 Å². The standard InChI is InChI=1S/C63H61N/c1-60(2)31-32-61(3,4)59-48(15-11-19-55(59)60)42-23-28-47(29-24-42)64(46-26-21-41(22-27-46)43-25-30-50-49-13-7-9-16-52(49)62(5,6)56(50)38-43)57-20-12-18-54-58(57)51-14-8-10-17-53(51)63(54)44-34-39-33-40(36-44)37-45(63)35-39/h7-30,38-40,44-45H,31-37H2,1-6H3.